The van der Waals surface area contributed by atoms with Crippen molar-refractivity contribution in [2.45, 2.75) is 25.3 Å². The fourth-order valence-electron chi connectivity index (χ4n) is 2.68. The maximum atomic E-state index is 5.51. The molecular formula is C13H16BrNO. The molecular weight excluding hydrogens is 266 g/mol. The molecule has 1 aliphatic carbocycles. The van der Waals surface area contributed by atoms with Crippen molar-refractivity contribution >= 4 is 15.9 Å². The zero-order valence-corrected chi connectivity index (χ0v) is 11.0. The van der Waals surface area contributed by atoms with Gasteiger partial charge in [-0.2, -0.15) is 0 Å². The highest BCUT2D eigenvalue weighted by molar-refractivity contribution is 9.10. The average Bonchev–Trinajstić information content (AvgIpc) is 3.13. The third-order valence-electron chi connectivity index (χ3n) is 3.62. The summed E-state index contributed by atoms with van der Waals surface area (Å²) in [6.45, 7) is 1.08. The van der Waals surface area contributed by atoms with E-state index in [2.05, 4.69) is 33.4 Å². The van der Waals surface area contributed by atoms with Crippen LogP contribution in [0, 0.1) is 5.92 Å². The molecule has 1 N–H and O–H groups in total. The van der Waals surface area contributed by atoms with E-state index in [9.17, 15) is 0 Å². The minimum absolute atomic E-state index is 0.510. The molecule has 1 aromatic carbocycles. The molecule has 0 radical (unpaired) electrons. The van der Waals surface area contributed by atoms with Gasteiger partial charge in [0.1, 0.15) is 5.75 Å². The maximum Gasteiger partial charge on any atom is 0.124 e. The van der Waals surface area contributed by atoms with Crippen molar-refractivity contribution in [2.75, 3.05) is 13.7 Å². The molecule has 0 amide bonds. The first-order valence-electron chi connectivity index (χ1n) is 5.90. The molecule has 1 aliphatic heterocycles. The molecule has 0 saturated heterocycles. The molecule has 0 aromatic heterocycles. The fourth-order valence-corrected chi connectivity index (χ4v) is 3.22. The molecule has 3 heteroatoms. The van der Waals surface area contributed by atoms with Crippen molar-refractivity contribution < 1.29 is 4.74 Å². The first-order chi connectivity index (χ1) is 7.81. The zero-order chi connectivity index (χ0) is 11.1. The topological polar surface area (TPSA) is 21.3 Å². The first kappa shape index (κ1) is 10.6. The van der Waals surface area contributed by atoms with Gasteiger partial charge in [0.15, 0.2) is 0 Å². The van der Waals surface area contributed by atoms with Crippen LogP contribution < -0.4 is 10.1 Å². The molecule has 1 aromatic rings. The van der Waals surface area contributed by atoms with E-state index in [1.165, 1.54) is 28.4 Å². The summed E-state index contributed by atoms with van der Waals surface area (Å²) in [6.07, 6.45) is 3.80. The van der Waals surface area contributed by atoms with E-state index in [-0.39, 0.29) is 0 Å². The van der Waals surface area contributed by atoms with E-state index in [4.69, 9.17) is 4.74 Å². The molecule has 0 spiro atoms. The Labute approximate surface area is 105 Å². The molecule has 1 unspecified atom stereocenters. The zero-order valence-electron chi connectivity index (χ0n) is 9.42. The Bertz CT molecular complexity index is 415. The molecule has 16 heavy (non-hydrogen) atoms. The average molecular weight is 282 g/mol. The van der Waals surface area contributed by atoms with E-state index in [1.807, 2.05) is 0 Å². The molecule has 2 nitrogen and oxygen atoms in total. The van der Waals surface area contributed by atoms with Gasteiger partial charge in [0.25, 0.3) is 0 Å². The van der Waals surface area contributed by atoms with E-state index in [1.54, 1.807) is 7.11 Å². The maximum absolute atomic E-state index is 5.51. The van der Waals surface area contributed by atoms with Crippen LogP contribution in [0.3, 0.4) is 0 Å². The Balaban J connectivity index is 2.11. The molecule has 1 saturated carbocycles. The van der Waals surface area contributed by atoms with Crippen LogP contribution in [-0.2, 0) is 6.42 Å². The van der Waals surface area contributed by atoms with Gasteiger partial charge in [-0.1, -0.05) is 15.9 Å². The van der Waals surface area contributed by atoms with Gasteiger partial charge in [0.05, 0.1) is 7.11 Å². The third-order valence-corrected chi connectivity index (χ3v) is 4.37. The molecule has 86 valence electrons. The van der Waals surface area contributed by atoms with Gasteiger partial charge < -0.3 is 10.1 Å². The quantitative estimate of drug-likeness (QED) is 0.900. The number of nitrogens with one attached hydrogen (secondary N) is 1. The third kappa shape index (κ3) is 1.66. The monoisotopic (exact) mass is 281 g/mol. The van der Waals surface area contributed by atoms with Gasteiger partial charge in [-0.05, 0) is 49.4 Å². The second-order valence-corrected chi connectivity index (χ2v) is 5.52. The van der Waals surface area contributed by atoms with Crippen LogP contribution in [0.15, 0.2) is 16.6 Å². The van der Waals surface area contributed by atoms with Gasteiger partial charge in [0.2, 0.25) is 0 Å². The number of ether oxygens (including phenoxy) is 1. The Morgan fingerprint density at radius 1 is 1.38 bits per heavy atom. The summed E-state index contributed by atoms with van der Waals surface area (Å²) in [5.41, 5.74) is 2.83. The molecule has 1 atom stereocenters. The lowest BCUT2D eigenvalue weighted by molar-refractivity contribution is 0.381. The number of fused-ring (bicyclic) bond motifs is 1. The highest BCUT2D eigenvalue weighted by Gasteiger charge is 2.37. The predicted octanol–water partition coefficient (Wildman–Crippen LogP) is 3.05. The summed E-state index contributed by atoms with van der Waals surface area (Å²) in [6, 6.07) is 4.69. The summed E-state index contributed by atoms with van der Waals surface area (Å²) in [7, 11) is 1.77. The van der Waals surface area contributed by atoms with Gasteiger partial charge >= 0.3 is 0 Å². The van der Waals surface area contributed by atoms with Gasteiger partial charge in [0, 0.05) is 16.1 Å². The molecule has 3 rings (SSSR count). The minimum atomic E-state index is 0.510. The van der Waals surface area contributed by atoms with Gasteiger partial charge in [-0.25, -0.2) is 0 Å². The van der Waals surface area contributed by atoms with Crippen LogP contribution in [0.5, 0.6) is 5.75 Å². The summed E-state index contributed by atoms with van der Waals surface area (Å²) < 4.78 is 6.75. The van der Waals surface area contributed by atoms with Crippen LogP contribution in [-0.4, -0.2) is 13.7 Å². The van der Waals surface area contributed by atoms with Gasteiger partial charge in [-0.3, -0.25) is 0 Å². The Morgan fingerprint density at radius 2 is 2.19 bits per heavy atom. The lowest BCUT2D eigenvalue weighted by Gasteiger charge is -2.29. The van der Waals surface area contributed by atoms with Crippen LogP contribution in [0.1, 0.15) is 30.0 Å². The van der Waals surface area contributed by atoms with E-state index in [0.717, 1.165) is 24.6 Å². The second kappa shape index (κ2) is 4.04. The standard InChI is InChI=1S/C13H16BrNO/c1-16-11-5-4-10(14)9-6-7-15-13(12(9)11)8-2-3-8/h4-5,8,13,15H,2-3,6-7H2,1H3. The number of rotatable bonds is 2. The Morgan fingerprint density at radius 3 is 2.88 bits per heavy atom. The number of benzene rings is 1. The van der Waals surface area contributed by atoms with Crippen LogP contribution in [0.2, 0.25) is 0 Å². The van der Waals surface area contributed by atoms with Crippen molar-refractivity contribution in [3.05, 3.63) is 27.7 Å². The first-order valence-corrected chi connectivity index (χ1v) is 6.69. The number of methoxy groups -OCH3 is 1. The SMILES string of the molecule is COc1ccc(Br)c2c1C(C1CC1)NCC2. The van der Waals surface area contributed by atoms with E-state index >= 15 is 0 Å². The summed E-state index contributed by atoms with van der Waals surface area (Å²) >= 11 is 3.66. The van der Waals surface area contributed by atoms with Crippen molar-refractivity contribution in [3.63, 3.8) is 0 Å². The van der Waals surface area contributed by atoms with E-state index in [0.29, 0.717) is 6.04 Å². The largest absolute Gasteiger partial charge is 0.496 e. The molecule has 2 aliphatic rings. The molecule has 1 fully saturated rings. The number of hydrogen-bond acceptors (Lipinski definition) is 2. The Hall–Kier alpha value is -0.540. The van der Waals surface area contributed by atoms with Crippen molar-refractivity contribution in [1.82, 2.24) is 5.32 Å². The lowest BCUT2D eigenvalue weighted by atomic mass is 9.90. The fraction of sp³-hybridized carbons (Fsp3) is 0.538. The highest BCUT2D eigenvalue weighted by Crippen LogP contribution is 2.47. The highest BCUT2D eigenvalue weighted by atomic mass is 79.9. The summed E-state index contributed by atoms with van der Waals surface area (Å²) in [5.74, 6) is 1.87. The predicted molar refractivity (Wildman–Crippen MR) is 67.9 cm³/mol. The number of halogens is 1. The summed E-state index contributed by atoms with van der Waals surface area (Å²) in [4.78, 5) is 0. The van der Waals surface area contributed by atoms with Crippen molar-refractivity contribution in [2.24, 2.45) is 5.92 Å². The molecule has 0 bridgehead atoms. The minimum Gasteiger partial charge on any atom is -0.496 e. The Kier molecular flexibility index (Phi) is 2.68. The molecule has 1 heterocycles. The lowest BCUT2D eigenvalue weighted by Crippen LogP contribution is -2.31. The van der Waals surface area contributed by atoms with Crippen molar-refractivity contribution in [3.8, 4) is 5.75 Å². The van der Waals surface area contributed by atoms with E-state index < -0.39 is 0 Å². The normalized spacial score (nSPS) is 24.0. The van der Waals surface area contributed by atoms with Crippen LogP contribution >= 0.6 is 15.9 Å². The van der Waals surface area contributed by atoms with Gasteiger partial charge in [-0.15, -0.1) is 0 Å². The number of hydrogen-bond donors (Lipinski definition) is 1. The van der Waals surface area contributed by atoms with Crippen LogP contribution in [0.25, 0.3) is 0 Å². The summed E-state index contributed by atoms with van der Waals surface area (Å²) in [5, 5.41) is 3.64. The smallest absolute Gasteiger partial charge is 0.124 e. The second-order valence-electron chi connectivity index (χ2n) is 4.66. The van der Waals surface area contributed by atoms with Crippen LogP contribution in [0.4, 0.5) is 0 Å². The van der Waals surface area contributed by atoms with Crippen molar-refractivity contribution in [1.29, 1.82) is 0 Å².